The minimum absolute atomic E-state index is 0.501. The summed E-state index contributed by atoms with van der Waals surface area (Å²) in [5, 5.41) is 0. The second-order valence-corrected chi connectivity index (χ2v) is 6.64. The fourth-order valence-corrected chi connectivity index (χ4v) is 3.44. The zero-order chi connectivity index (χ0) is 19.0. The van der Waals surface area contributed by atoms with E-state index in [9.17, 15) is 0 Å². The van der Waals surface area contributed by atoms with Gasteiger partial charge in [-0.2, -0.15) is 0 Å². The third kappa shape index (κ3) is 5.18. The van der Waals surface area contributed by atoms with E-state index in [1.807, 2.05) is 27.1 Å². The van der Waals surface area contributed by atoms with E-state index in [0.29, 0.717) is 12.0 Å². The standard InChI is InChI=1S/C20H31N3.C2H6/c1-7-17(12-21-5)13-23-16(4)19(14-22(6)8-2)18-11-15(3)9-10-20(18)23;1-2/h7,9-12,16,19H,8,13-14H2,1-6H3;1-2H3/b17-7+,21-12?;. The Morgan fingerprint density at radius 1 is 1.32 bits per heavy atom. The lowest BCUT2D eigenvalue weighted by Gasteiger charge is -2.29. The fraction of sp³-hybridized carbons (Fsp3) is 0.591. The molecule has 25 heavy (non-hydrogen) atoms. The average molecular weight is 344 g/mol. The van der Waals surface area contributed by atoms with Crippen LogP contribution in [0.1, 0.15) is 51.7 Å². The lowest BCUT2D eigenvalue weighted by Crippen LogP contribution is -2.37. The second kappa shape index (κ2) is 10.4. The lowest BCUT2D eigenvalue weighted by molar-refractivity contribution is 0.315. The summed E-state index contributed by atoms with van der Waals surface area (Å²) in [5.41, 5.74) is 5.52. The molecule has 0 aliphatic carbocycles. The van der Waals surface area contributed by atoms with Crippen molar-refractivity contribution in [1.29, 1.82) is 0 Å². The molecule has 0 aromatic heterocycles. The number of nitrogens with zero attached hydrogens (tertiary/aromatic N) is 3. The molecule has 0 amide bonds. The Hall–Kier alpha value is -1.61. The third-order valence-electron chi connectivity index (χ3n) is 5.03. The summed E-state index contributed by atoms with van der Waals surface area (Å²) in [5.74, 6) is 0.562. The second-order valence-electron chi connectivity index (χ2n) is 6.64. The van der Waals surface area contributed by atoms with Gasteiger partial charge in [0.25, 0.3) is 0 Å². The van der Waals surface area contributed by atoms with Crippen LogP contribution in [0.2, 0.25) is 0 Å². The molecule has 1 aromatic carbocycles. The van der Waals surface area contributed by atoms with Crippen molar-refractivity contribution in [2.75, 3.05) is 38.6 Å². The third-order valence-corrected chi connectivity index (χ3v) is 5.03. The van der Waals surface area contributed by atoms with E-state index in [4.69, 9.17) is 0 Å². The van der Waals surface area contributed by atoms with Gasteiger partial charge in [0, 0.05) is 44.0 Å². The Kier molecular flexibility index (Phi) is 8.91. The minimum Gasteiger partial charge on any atom is -0.364 e. The van der Waals surface area contributed by atoms with Gasteiger partial charge in [-0.25, -0.2) is 0 Å². The first-order chi connectivity index (χ1) is 12.0. The molecule has 0 saturated heterocycles. The summed E-state index contributed by atoms with van der Waals surface area (Å²) in [7, 11) is 4.05. The number of aryl methyl sites for hydroxylation is 1. The van der Waals surface area contributed by atoms with Gasteiger partial charge in [-0.15, -0.1) is 0 Å². The van der Waals surface area contributed by atoms with Gasteiger partial charge in [-0.1, -0.05) is 44.5 Å². The number of likely N-dealkylation sites (N-methyl/N-ethyl adjacent to an activating group) is 1. The van der Waals surface area contributed by atoms with Gasteiger partial charge in [-0.05, 0) is 51.6 Å². The maximum atomic E-state index is 4.20. The van der Waals surface area contributed by atoms with E-state index in [0.717, 1.165) is 19.6 Å². The van der Waals surface area contributed by atoms with Crippen molar-refractivity contribution in [2.45, 2.75) is 53.5 Å². The minimum atomic E-state index is 0.501. The SMILES string of the molecule is C/C=C(\C=NC)CN1c2ccc(C)cc2C(CN(C)CC)C1C.CC. The number of hydrogen-bond acceptors (Lipinski definition) is 3. The number of anilines is 1. The predicted octanol–water partition coefficient (Wildman–Crippen LogP) is 4.91. The molecule has 1 aromatic rings. The van der Waals surface area contributed by atoms with Crippen molar-refractivity contribution in [3.05, 3.63) is 41.0 Å². The molecule has 0 fully saturated rings. The lowest BCUT2D eigenvalue weighted by atomic mass is 9.94. The number of hydrogen-bond donors (Lipinski definition) is 0. The normalized spacial score (nSPS) is 20.0. The molecular weight excluding hydrogens is 306 g/mol. The molecule has 0 spiro atoms. The van der Waals surface area contributed by atoms with Crippen molar-refractivity contribution in [3.63, 3.8) is 0 Å². The fourth-order valence-electron chi connectivity index (χ4n) is 3.44. The van der Waals surface area contributed by atoms with E-state index in [1.54, 1.807) is 0 Å². The van der Waals surface area contributed by atoms with Gasteiger partial charge in [-0.3, -0.25) is 4.99 Å². The van der Waals surface area contributed by atoms with Crippen LogP contribution in [-0.4, -0.2) is 50.9 Å². The van der Waals surface area contributed by atoms with Crippen LogP contribution in [0.15, 0.2) is 34.8 Å². The van der Waals surface area contributed by atoms with Gasteiger partial charge in [0.1, 0.15) is 0 Å². The summed E-state index contributed by atoms with van der Waals surface area (Å²) >= 11 is 0. The van der Waals surface area contributed by atoms with Gasteiger partial charge < -0.3 is 9.80 Å². The van der Waals surface area contributed by atoms with E-state index < -0.39 is 0 Å². The highest BCUT2D eigenvalue weighted by Gasteiger charge is 2.35. The van der Waals surface area contributed by atoms with Crippen molar-refractivity contribution in [2.24, 2.45) is 4.99 Å². The maximum absolute atomic E-state index is 4.20. The predicted molar refractivity (Wildman–Crippen MR) is 113 cm³/mol. The summed E-state index contributed by atoms with van der Waals surface area (Å²) < 4.78 is 0. The van der Waals surface area contributed by atoms with Crippen LogP contribution >= 0.6 is 0 Å². The first-order valence-electron chi connectivity index (χ1n) is 9.64. The van der Waals surface area contributed by atoms with Crippen molar-refractivity contribution < 1.29 is 0 Å². The van der Waals surface area contributed by atoms with E-state index in [2.05, 4.69) is 73.8 Å². The van der Waals surface area contributed by atoms with Crippen LogP contribution in [0.25, 0.3) is 0 Å². The molecule has 0 N–H and O–H groups in total. The summed E-state index contributed by atoms with van der Waals surface area (Å²) in [4.78, 5) is 9.16. The molecule has 1 aliphatic rings. The van der Waals surface area contributed by atoms with Crippen molar-refractivity contribution in [1.82, 2.24) is 4.90 Å². The van der Waals surface area contributed by atoms with Crippen molar-refractivity contribution in [3.8, 4) is 0 Å². The first kappa shape index (κ1) is 21.4. The zero-order valence-electron chi connectivity index (χ0n) is 17.5. The molecule has 0 saturated carbocycles. The Morgan fingerprint density at radius 3 is 2.56 bits per heavy atom. The zero-order valence-corrected chi connectivity index (χ0v) is 17.5. The molecule has 1 heterocycles. The largest absolute Gasteiger partial charge is 0.364 e. The highest BCUT2D eigenvalue weighted by molar-refractivity contribution is 5.80. The Labute approximate surface area is 155 Å². The molecule has 2 atom stereocenters. The Bertz CT molecular complexity index is 589. The number of benzene rings is 1. The number of allylic oxidation sites excluding steroid dienone is 1. The molecule has 2 rings (SSSR count). The summed E-state index contributed by atoms with van der Waals surface area (Å²) in [6, 6.07) is 7.40. The van der Waals surface area contributed by atoms with Crippen LogP contribution in [0.4, 0.5) is 5.69 Å². The van der Waals surface area contributed by atoms with Gasteiger partial charge in [0.2, 0.25) is 0 Å². The van der Waals surface area contributed by atoms with Crippen LogP contribution in [0.3, 0.4) is 0 Å². The molecule has 0 bridgehead atoms. The Morgan fingerprint density at radius 2 is 2.00 bits per heavy atom. The van der Waals surface area contributed by atoms with Crippen LogP contribution in [0, 0.1) is 6.92 Å². The van der Waals surface area contributed by atoms with Gasteiger partial charge in [0.05, 0.1) is 0 Å². The van der Waals surface area contributed by atoms with Crippen molar-refractivity contribution >= 4 is 11.9 Å². The van der Waals surface area contributed by atoms with Crippen LogP contribution in [-0.2, 0) is 0 Å². The molecule has 1 aliphatic heterocycles. The summed E-state index contributed by atoms with van der Waals surface area (Å²) in [6.07, 6.45) is 4.14. The summed E-state index contributed by atoms with van der Waals surface area (Å²) in [6.45, 7) is 16.0. The smallest absolute Gasteiger partial charge is 0.0444 e. The maximum Gasteiger partial charge on any atom is 0.0444 e. The molecule has 140 valence electrons. The monoisotopic (exact) mass is 343 g/mol. The number of rotatable bonds is 6. The van der Waals surface area contributed by atoms with E-state index >= 15 is 0 Å². The van der Waals surface area contributed by atoms with Gasteiger partial charge in [0.15, 0.2) is 0 Å². The highest BCUT2D eigenvalue weighted by atomic mass is 15.2. The van der Waals surface area contributed by atoms with Crippen LogP contribution < -0.4 is 4.90 Å². The molecule has 3 nitrogen and oxygen atoms in total. The quantitative estimate of drug-likeness (QED) is 0.683. The van der Waals surface area contributed by atoms with Gasteiger partial charge >= 0.3 is 0 Å². The van der Waals surface area contributed by atoms with E-state index in [-0.39, 0.29) is 0 Å². The first-order valence-corrected chi connectivity index (χ1v) is 9.64. The Balaban J connectivity index is 0.00000151. The molecule has 2 unspecified atom stereocenters. The molecule has 3 heteroatoms. The number of fused-ring (bicyclic) bond motifs is 1. The molecular formula is C22H37N3. The highest BCUT2D eigenvalue weighted by Crippen LogP contribution is 2.42. The molecule has 0 radical (unpaired) electrons. The van der Waals surface area contributed by atoms with E-state index in [1.165, 1.54) is 22.4 Å². The average Bonchev–Trinajstić information content (AvgIpc) is 2.87. The number of aliphatic imine (C=N–C) groups is 1. The van der Waals surface area contributed by atoms with Crippen LogP contribution in [0.5, 0.6) is 0 Å². The topological polar surface area (TPSA) is 18.8 Å².